The van der Waals surface area contributed by atoms with Crippen molar-refractivity contribution < 1.29 is 14.6 Å². The number of rotatable bonds is 2. The smallest absolute Gasteiger partial charge is 0.124 e. The minimum atomic E-state index is -0.259. The van der Waals surface area contributed by atoms with Crippen LogP contribution in [0.5, 0.6) is 5.75 Å². The molecule has 0 aromatic heterocycles. The van der Waals surface area contributed by atoms with Crippen LogP contribution in [0, 0.1) is 6.92 Å². The van der Waals surface area contributed by atoms with Gasteiger partial charge in [0.05, 0.1) is 19.3 Å². The van der Waals surface area contributed by atoms with Crippen LogP contribution < -0.4 is 4.74 Å². The van der Waals surface area contributed by atoms with E-state index < -0.39 is 0 Å². The molecule has 1 aromatic rings. The highest BCUT2D eigenvalue weighted by atomic mass is 16.5. The molecule has 2 atom stereocenters. The lowest BCUT2D eigenvalue weighted by Crippen LogP contribution is -2.23. The molecule has 16 heavy (non-hydrogen) atoms. The van der Waals surface area contributed by atoms with Gasteiger partial charge in [0.15, 0.2) is 0 Å². The van der Waals surface area contributed by atoms with Gasteiger partial charge in [-0.25, -0.2) is 0 Å². The number of hydrogen-bond acceptors (Lipinski definition) is 3. The quantitative estimate of drug-likeness (QED) is 0.833. The largest absolute Gasteiger partial charge is 0.496 e. The van der Waals surface area contributed by atoms with Gasteiger partial charge >= 0.3 is 0 Å². The summed E-state index contributed by atoms with van der Waals surface area (Å²) in [5, 5.41) is 9.64. The van der Waals surface area contributed by atoms with Gasteiger partial charge in [0.2, 0.25) is 0 Å². The Kier molecular flexibility index (Phi) is 3.46. The fourth-order valence-corrected chi connectivity index (χ4v) is 2.08. The second-order valence-electron chi connectivity index (χ2n) is 4.28. The van der Waals surface area contributed by atoms with Crippen molar-refractivity contribution in [1.29, 1.82) is 0 Å². The molecule has 1 aliphatic heterocycles. The molecule has 0 spiro atoms. The summed E-state index contributed by atoms with van der Waals surface area (Å²) in [5.74, 6) is 0.846. The fourth-order valence-electron chi connectivity index (χ4n) is 2.08. The van der Waals surface area contributed by atoms with Crippen molar-refractivity contribution >= 4 is 0 Å². The first kappa shape index (κ1) is 11.4. The first-order valence-electron chi connectivity index (χ1n) is 5.65. The van der Waals surface area contributed by atoms with E-state index in [1.54, 1.807) is 7.11 Å². The summed E-state index contributed by atoms with van der Waals surface area (Å²) in [7, 11) is 1.66. The number of methoxy groups -OCH3 is 1. The van der Waals surface area contributed by atoms with Crippen molar-refractivity contribution in [2.24, 2.45) is 0 Å². The molecule has 1 fully saturated rings. The average molecular weight is 222 g/mol. The Morgan fingerprint density at radius 3 is 2.94 bits per heavy atom. The van der Waals surface area contributed by atoms with Gasteiger partial charge in [0.1, 0.15) is 5.75 Å². The molecule has 1 N–H and O–H groups in total. The summed E-state index contributed by atoms with van der Waals surface area (Å²) in [6, 6.07) is 6.07. The van der Waals surface area contributed by atoms with Gasteiger partial charge < -0.3 is 14.6 Å². The van der Waals surface area contributed by atoms with E-state index in [9.17, 15) is 5.11 Å². The normalized spacial score (nSPS) is 25.4. The number of aliphatic hydroxyl groups excluding tert-OH is 1. The molecule has 0 bridgehead atoms. The van der Waals surface area contributed by atoms with Crippen molar-refractivity contribution in [3.63, 3.8) is 0 Å². The molecule has 2 rings (SSSR count). The molecule has 3 heteroatoms. The highest BCUT2D eigenvalue weighted by Gasteiger charge is 2.24. The molecule has 0 aliphatic carbocycles. The van der Waals surface area contributed by atoms with Crippen LogP contribution in [0.15, 0.2) is 18.2 Å². The second-order valence-corrected chi connectivity index (χ2v) is 4.28. The number of hydrogen-bond donors (Lipinski definition) is 1. The summed E-state index contributed by atoms with van der Waals surface area (Å²) in [4.78, 5) is 0. The standard InChI is InChI=1S/C13H18O3/c1-9-3-4-11(12(7-9)15-2)13-8-10(14)5-6-16-13/h3-4,7,10,13-14H,5-6,8H2,1-2H3. The predicted molar refractivity (Wildman–Crippen MR) is 61.7 cm³/mol. The van der Waals surface area contributed by atoms with Crippen LogP contribution in [0.4, 0.5) is 0 Å². The van der Waals surface area contributed by atoms with Crippen LogP contribution in [0.2, 0.25) is 0 Å². The molecule has 2 unspecified atom stereocenters. The predicted octanol–water partition coefficient (Wildman–Crippen LogP) is 2.22. The minimum Gasteiger partial charge on any atom is -0.496 e. The lowest BCUT2D eigenvalue weighted by molar-refractivity contribution is -0.0455. The van der Waals surface area contributed by atoms with Crippen LogP contribution in [-0.2, 0) is 4.74 Å². The monoisotopic (exact) mass is 222 g/mol. The third-order valence-corrected chi connectivity index (χ3v) is 2.99. The molecule has 1 saturated heterocycles. The zero-order chi connectivity index (χ0) is 11.5. The highest BCUT2D eigenvalue weighted by molar-refractivity contribution is 5.38. The molecule has 0 radical (unpaired) electrons. The third kappa shape index (κ3) is 2.36. The van der Waals surface area contributed by atoms with E-state index in [0.29, 0.717) is 13.0 Å². The molecule has 3 nitrogen and oxygen atoms in total. The number of benzene rings is 1. The summed E-state index contributed by atoms with van der Waals surface area (Å²) < 4.78 is 11.0. The zero-order valence-corrected chi connectivity index (χ0v) is 9.77. The average Bonchev–Trinajstić information content (AvgIpc) is 2.28. The Morgan fingerprint density at radius 1 is 1.44 bits per heavy atom. The Morgan fingerprint density at radius 2 is 2.25 bits per heavy atom. The maximum atomic E-state index is 9.64. The molecule has 0 amide bonds. The lowest BCUT2D eigenvalue weighted by Gasteiger charge is -2.27. The Hall–Kier alpha value is -1.06. The van der Waals surface area contributed by atoms with E-state index >= 15 is 0 Å². The summed E-state index contributed by atoms with van der Waals surface area (Å²) in [6.45, 7) is 2.64. The van der Waals surface area contributed by atoms with Gasteiger partial charge in [0, 0.05) is 18.6 Å². The van der Waals surface area contributed by atoms with E-state index in [-0.39, 0.29) is 12.2 Å². The zero-order valence-electron chi connectivity index (χ0n) is 9.77. The number of aryl methyl sites for hydroxylation is 1. The third-order valence-electron chi connectivity index (χ3n) is 2.99. The van der Waals surface area contributed by atoms with Gasteiger partial charge in [-0.1, -0.05) is 12.1 Å². The van der Waals surface area contributed by atoms with E-state index in [1.165, 1.54) is 0 Å². The van der Waals surface area contributed by atoms with Crippen LogP contribution in [0.3, 0.4) is 0 Å². The van der Waals surface area contributed by atoms with E-state index in [2.05, 4.69) is 0 Å². The van der Waals surface area contributed by atoms with Crippen LogP contribution in [-0.4, -0.2) is 24.9 Å². The number of ether oxygens (including phenoxy) is 2. The SMILES string of the molecule is COc1cc(C)ccc1C1CC(O)CCO1. The van der Waals surface area contributed by atoms with E-state index in [1.807, 2.05) is 25.1 Å². The summed E-state index contributed by atoms with van der Waals surface area (Å²) in [6.07, 6.45) is 1.08. The van der Waals surface area contributed by atoms with Crippen LogP contribution in [0.25, 0.3) is 0 Å². The maximum absolute atomic E-state index is 9.64. The van der Waals surface area contributed by atoms with Gasteiger partial charge in [0.25, 0.3) is 0 Å². The first-order chi connectivity index (χ1) is 7.70. The van der Waals surface area contributed by atoms with Crippen molar-refractivity contribution in [2.75, 3.05) is 13.7 Å². The van der Waals surface area contributed by atoms with Crippen LogP contribution in [0.1, 0.15) is 30.1 Å². The van der Waals surface area contributed by atoms with E-state index in [4.69, 9.17) is 9.47 Å². The summed E-state index contributed by atoms with van der Waals surface area (Å²) >= 11 is 0. The van der Waals surface area contributed by atoms with Crippen molar-refractivity contribution in [2.45, 2.75) is 32.0 Å². The van der Waals surface area contributed by atoms with Crippen molar-refractivity contribution in [3.8, 4) is 5.75 Å². The Balaban J connectivity index is 2.24. The minimum absolute atomic E-state index is 0.0423. The topological polar surface area (TPSA) is 38.7 Å². The molecule has 1 heterocycles. The van der Waals surface area contributed by atoms with Gasteiger partial charge in [-0.05, 0) is 25.0 Å². The lowest BCUT2D eigenvalue weighted by atomic mass is 9.98. The van der Waals surface area contributed by atoms with Gasteiger partial charge in [-0.15, -0.1) is 0 Å². The van der Waals surface area contributed by atoms with Crippen molar-refractivity contribution in [3.05, 3.63) is 29.3 Å². The second kappa shape index (κ2) is 4.85. The van der Waals surface area contributed by atoms with Gasteiger partial charge in [-0.3, -0.25) is 0 Å². The van der Waals surface area contributed by atoms with Gasteiger partial charge in [-0.2, -0.15) is 0 Å². The highest BCUT2D eigenvalue weighted by Crippen LogP contribution is 2.34. The Bertz CT molecular complexity index is 362. The Labute approximate surface area is 96.0 Å². The van der Waals surface area contributed by atoms with Crippen molar-refractivity contribution in [1.82, 2.24) is 0 Å². The maximum Gasteiger partial charge on any atom is 0.124 e. The molecular weight excluding hydrogens is 204 g/mol. The molecule has 1 aromatic carbocycles. The van der Waals surface area contributed by atoms with E-state index in [0.717, 1.165) is 23.3 Å². The van der Waals surface area contributed by atoms with Crippen LogP contribution >= 0.6 is 0 Å². The molecule has 0 saturated carbocycles. The number of aliphatic hydroxyl groups is 1. The summed E-state index contributed by atoms with van der Waals surface area (Å²) in [5.41, 5.74) is 2.20. The molecule has 1 aliphatic rings. The first-order valence-corrected chi connectivity index (χ1v) is 5.65. The molecular formula is C13H18O3. The molecule has 88 valence electrons. The fraction of sp³-hybridized carbons (Fsp3) is 0.538.